The maximum Gasteiger partial charge on any atom is 0.253 e. The third-order valence-electron chi connectivity index (χ3n) is 5.15. The first-order chi connectivity index (χ1) is 11.2. The van der Waals surface area contributed by atoms with E-state index in [1.54, 1.807) is 0 Å². The molecule has 1 aliphatic heterocycles. The fraction of sp³-hybridized carbons (Fsp3) is 0.632. The number of hydrogen-bond acceptors (Lipinski definition) is 3. The van der Waals surface area contributed by atoms with E-state index in [4.69, 9.17) is 4.74 Å². The molecule has 0 aromatic heterocycles. The molecule has 4 nitrogen and oxygen atoms in total. The number of fused-ring (bicyclic) bond motifs is 1. The molecule has 1 heterocycles. The van der Waals surface area contributed by atoms with Crippen molar-refractivity contribution in [1.82, 2.24) is 9.80 Å². The van der Waals surface area contributed by atoms with Crippen LogP contribution < -0.4 is 4.74 Å². The van der Waals surface area contributed by atoms with E-state index in [1.807, 2.05) is 43.0 Å². The molecule has 0 N–H and O–H groups in total. The van der Waals surface area contributed by atoms with Gasteiger partial charge in [-0.3, -0.25) is 9.69 Å². The lowest BCUT2D eigenvalue weighted by Gasteiger charge is -2.19. The number of halogens is 1. The van der Waals surface area contributed by atoms with Crippen LogP contribution in [0.4, 0.5) is 0 Å². The van der Waals surface area contributed by atoms with Gasteiger partial charge in [0, 0.05) is 31.2 Å². The van der Waals surface area contributed by atoms with Crippen molar-refractivity contribution in [3.05, 3.63) is 29.8 Å². The largest absolute Gasteiger partial charge is 0.494 e. The van der Waals surface area contributed by atoms with Gasteiger partial charge in [-0.1, -0.05) is 0 Å². The van der Waals surface area contributed by atoms with E-state index < -0.39 is 0 Å². The zero-order valence-corrected chi connectivity index (χ0v) is 15.6. The minimum absolute atomic E-state index is 0. The number of nitrogens with zero attached hydrogens (tertiary/aromatic N) is 2. The van der Waals surface area contributed by atoms with Gasteiger partial charge >= 0.3 is 0 Å². The highest BCUT2D eigenvalue weighted by Crippen LogP contribution is 2.44. The smallest absolute Gasteiger partial charge is 0.253 e. The van der Waals surface area contributed by atoms with Gasteiger partial charge in [0.2, 0.25) is 0 Å². The highest BCUT2D eigenvalue weighted by molar-refractivity contribution is 5.94. The van der Waals surface area contributed by atoms with E-state index in [0.717, 1.165) is 55.9 Å². The summed E-state index contributed by atoms with van der Waals surface area (Å²) in [5.41, 5.74) is 0.734. The van der Waals surface area contributed by atoms with Gasteiger partial charge < -0.3 is 9.64 Å². The van der Waals surface area contributed by atoms with Crippen molar-refractivity contribution >= 4 is 18.3 Å². The number of carbonyl (C=O) groups excluding carboxylic acids is 1. The summed E-state index contributed by atoms with van der Waals surface area (Å²) in [7, 11) is 0. The number of ether oxygens (including phenoxy) is 1. The van der Waals surface area contributed by atoms with Crippen LogP contribution in [-0.4, -0.2) is 54.5 Å². The monoisotopic (exact) mass is 352 g/mol. The van der Waals surface area contributed by atoms with Gasteiger partial charge in [0.05, 0.1) is 6.61 Å². The molecule has 134 valence electrons. The van der Waals surface area contributed by atoms with Gasteiger partial charge in [-0.2, -0.15) is 0 Å². The molecule has 1 aromatic carbocycles. The Morgan fingerprint density at radius 1 is 1.25 bits per heavy atom. The molecule has 1 aliphatic carbocycles. The normalized spacial score (nSPS) is 21.8. The van der Waals surface area contributed by atoms with Crippen LogP contribution in [0, 0.1) is 5.92 Å². The number of benzene rings is 1. The summed E-state index contributed by atoms with van der Waals surface area (Å²) in [4.78, 5) is 16.7. The van der Waals surface area contributed by atoms with Crippen LogP contribution in [0.2, 0.25) is 0 Å². The average Bonchev–Trinajstić information content (AvgIpc) is 3.26. The van der Waals surface area contributed by atoms with Crippen LogP contribution in [0.5, 0.6) is 5.75 Å². The van der Waals surface area contributed by atoms with Gasteiger partial charge in [-0.05, 0) is 69.8 Å². The second-order valence-electron chi connectivity index (χ2n) is 6.59. The molecule has 3 rings (SSSR count). The SMILES string of the molecule is CCN(CC)C(=O)c1ccc(OCCCN2CC[C@@H]3C[C@@H]32)cc1.Cl. The van der Waals surface area contributed by atoms with Crippen LogP contribution in [0.1, 0.15) is 43.5 Å². The Morgan fingerprint density at radius 2 is 1.96 bits per heavy atom. The number of rotatable bonds is 8. The van der Waals surface area contributed by atoms with Crippen molar-refractivity contribution < 1.29 is 9.53 Å². The van der Waals surface area contributed by atoms with Crippen LogP contribution in [-0.2, 0) is 0 Å². The Morgan fingerprint density at radius 3 is 2.50 bits per heavy atom. The summed E-state index contributed by atoms with van der Waals surface area (Å²) in [5.74, 6) is 1.95. The lowest BCUT2D eigenvalue weighted by Crippen LogP contribution is -2.30. The number of piperidine rings is 1. The summed E-state index contributed by atoms with van der Waals surface area (Å²) in [6.07, 6.45) is 3.89. The average molecular weight is 353 g/mol. The Kier molecular flexibility index (Phi) is 6.93. The fourth-order valence-electron chi connectivity index (χ4n) is 3.61. The van der Waals surface area contributed by atoms with Crippen molar-refractivity contribution in [2.75, 3.05) is 32.8 Å². The Labute approximate surface area is 151 Å². The molecule has 1 saturated carbocycles. The van der Waals surface area contributed by atoms with Gasteiger partial charge in [-0.15, -0.1) is 12.4 Å². The first kappa shape index (κ1) is 19.1. The van der Waals surface area contributed by atoms with Gasteiger partial charge in [0.25, 0.3) is 5.91 Å². The summed E-state index contributed by atoms with van der Waals surface area (Å²) >= 11 is 0. The number of amides is 1. The number of hydrogen-bond donors (Lipinski definition) is 0. The van der Waals surface area contributed by atoms with Crippen molar-refractivity contribution in [1.29, 1.82) is 0 Å². The summed E-state index contributed by atoms with van der Waals surface area (Å²) < 4.78 is 5.81. The molecule has 1 aromatic rings. The summed E-state index contributed by atoms with van der Waals surface area (Å²) in [6.45, 7) is 8.67. The second kappa shape index (κ2) is 8.72. The molecule has 0 radical (unpaired) electrons. The lowest BCUT2D eigenvalue weighted by atomic mass is 10.2. The van der Waals surface area contributed by atoms with E-state index in [2.05, 4.69) is 4.90 Å². The molecule has 0 spiro atoms. The van der Waals surface area contributed by atoms with E-state index in [1.165, 1.54) is 19.4 Å². The molecule has 1 amide bonds. The van der Waals surface area contributed by atoms with Crippen LogP contribution in [0.3, 0.4) is 0 Å². The molecule has 2 aliphatic rings. The molecule has 0 unspecified atom stereocenters. The van der Waals surface area contributed by atoms with Gasteiger partial charge in [0.1, 0.15) is 5.75 Å². The number of carbonyl (C=O) groups is 1. The van der Waals surface area contributed by atoms with Crippen molar-refractivity contribution in [3.63, 3.8) is 0 Å². The third kappa shape index (κ3) is 4.42. The van der Waals surface area contributed by atoms with Crippen molar-refractivity contribution in [2.24, 2.45) is 5.92 Å². The summed E-state index contributed by atoms with van der Waals surface area (Å²) in [5, 5.41) is 0. The van der Waals surface area contributed by atoms with E-state index in [0.29, 0.717) is 0 Å². The standard InChI is InChI=1S/C19H28N2O2.ClH/c1-3-20(4-2)19(22)15-6-8-17(9-7-15)23-13-5-11-21-12-10-16-14-18(16)21;/h6-9,16,18H,3-5,10-14H2,1-2H3;1H/t16-,18+;/m1./s1. The highest BCUT2D eigenvalue weighted by atomic mass is 35.5. The van der Waals surface area contributed by atoms with E-state index in [-0.39, 0.29) is 18.3 Å². The first-order valence-corrected chi connectivity index (χ1v) is 8.99. The van der Waals surface area contributed by atoms with Crippen LogP contribution >= 0.6 is 12.4 Å². The summed E-state index contributed by atoms with van der Waals surface area (Å²) in [6, 6.07) is 8.43. The lowest BCUT2D eigenvalue weighted by molar-refractivity contribution is 0.0773. The fourth-order valence-corrected chi connectivity index (χ4v) is 3.61. The molecular weight excluding hydrogens is 324 g/mol. The quantitative estimate of drug-likeness (QED) is 0.672. The second-order valence-corrected chi connectivity index (χ2v) is 6.59. The van der Waals surface area contributed by atoms with E-state index in [9.17, 15) is 4.79 Å². The Hall–Kier alpha value is -1.26. The molecule has 1 saturated heterocycles. The zero-order valence-electron chi connectivity index (χ0n) is 14.7. The third-order valence-corrected chi connectivity index (χ3v) is 5.15. The van der Waals surface area contributed by atoms with Gasteiger partial charge in [-0.25, -0.2) is 0 Å². The maximum atomic E-state index is 12.2. The van der Waals surface area contributed by atoms with Crippen LogP contribution in [0.25, 0.3) is 0 Å². The minimum Gasteiger partial charge on any atom is -0.494 e. The predicted octanol–water partition coefficient (Wildman–Crippen LogP) is 3.45. The van der Waals surface area contributed by atoms with Crippen LogP contribution in [0.15, 0.2) is 24.3 Å². The predicted molar refractivity (Wildman–Crippen MR) is 99.1 cm³/mol. The zero-order chi connectivity index (χ0) is 16.2. The topological polar surface area (TPSA) is 32.8 Å². The molecule has 2 atom stereocenters. The molecule has 24 heavy (non-hydrogen) atoms. The number of likely N-dealkylation sites (tertiary alicyclic amines) is 1. The van der Waals surface area contributed by atoms with E-state index >= 15 is 0 Å². The Balaban J connectivity index is 0.00000208. The van der Waals surface area contributed by atoms with Crippen molar-refractivity contribution in [3.8, 4) is 5.75 Å². The van der Waals surface area contributed by atoms with Crippen molar-refractivity contribution in [2.45, 2.75) is 39.2 Å². The molecule has 5 heteroatoms. The highest BCUT2D eigenvalue weighted by Gasteiger charge is 2.46. The first-order valence-electron chi connectivity index (χ1n) is 8.99. The minimum atomic E-state index is 0. The maximum absolute atomic E-state index is 12.2. The van der Waals surface area contributed by atoms with Gasteiger partial charge in [0.15, 0.2) is 0 Å². The Bertz CT molecular complexity index is 531. The molecule has 2 fully saturated rings. The molecular formula is C19H29ClN2O2. The molecule has 0 bridgehead atoms.